The van der Waals surface area contributed by atoms with Crippen LogP contribution in [-0.4, -0.2) is 23.4 Å². The van der Waals surface area contributed by atoms with Gasteiger partial charge in [0.15, 0.2) is 0 Å². The summed E-state index contributed by atoms with van der Waals surface area (Å²) in [6.45, 7) is 2.42. The summed E-state index contributed by atoms with van der Waals surface area (Å²) in [5.41, 5.74) is 1.17. The van der Waals surface area contributed by atoms with Crippen molar-refractivity contribution in [3.05, 3.63) is 29.3 Å². The molecule has 0 radical (unpaired) electrons. The van der Waals surface area contributed by atoms with E-state index in [1.54, 1.807) is 25.1 Å². The van der Waals surface area contributed by atoms with E-state index in [4.69, 9.17) is 11.6 Å². The van der Waals surface area contributed by atoms with E-state index in [1.807, 2.05) is 0 Å². The van der Waals surface area contributed by atoms with Crippen molar-refractivity contribution in [3.8, 4) is 5.75 Å². The van der Waals surface area contributed by atoms with Gasteiger partial charge in [-0.25, -0.2) is 0 Å². The lowest BCUT2D eigenvalue weighted by Gasteiger charge is -2.18. The summed E-state index contributed by atoms with van der Waals surface area (Å²) in [7, 11) is 0. The molecule has 2 unspecified atom stereocenters. The summed E-state index contributed by atoms with van der Waals surface area (Å²) in [6, 6.07) is 5.01. The molecule has 0 heterocycles. The van der Waals surface area contributed by atoms with Crippen molar-refractivity contribution in [1.29, 1.82) is 0 Å². The molecule has 1 aromatic carbocycles. The number of nitrogens with one attached hydrogen (secondary N) is 1. The van der Waals surface area contributed by atoms with Gasteiger partial charge in [-0.05, 0) is 43.7 Å². The van der Waals surface area contributed by atoms with Crippen LogP contribution >= 0.6 is 11.6 Å². The highest BCUT2D eigenvalue weighted by molar-refractivity contribution is 6.18. The second-order valence-corrected chi connectivity index (χ2v) is 5.57. The predicted octanol–water partition coefficient (Wildman–Crippen LogP) is 3.09. The molecule has 2 rings (SSSR count). The number of halogens is 1. The first-order valence-corrected chi connectivity index (χ1v) is 7.29. The molecular formula is C15H20ClNO2. The average Bonchev–Trinajstić information content (AvgIpc) is 2.86. The van der Waals surface area contributed by atoms with E-state index in [9.17, 15) is 9.90 Å². The highest BCUT2D eigenvalue weighted by Gasteiger charge is 2.26. The number of alkyl halides is 1. The zero-order chi connectivity index (χ0) is 13.8. The number of carbonyl (C=O) groups is 1. The zero-order valence-electron chi connectivity index (χ0n) is 11.2. The number of rotatable bonds is 4. The first kappa shape index (κ1) is 14.2. The van der Waals surface area contributed by atoms with Crippen molar-refractivity contribution >= 4 is 17.5 Å². The number of hydrogen-bond donors (Lipinski definition) is 2. The molecule has 1 aliphatic rings. The van der Waals surface area contributed by atoms with E-state index >= 15 is 0 Å². The molecule has 2 atom stereocenters. The standard InChI is InChI=1S/C15H20ClNO2/c1-10-13(6-3-7-14(10)18)15(19)17-9-12-5-2-4-11(12)8-16/h3,6-7,11-12,18H,2,4-5,8-9H2,1H3,(H,17,19). The second-order valence-electron chi connectivity index (χ2n) is 5.27. The Labute approximate surface area is 119 Å². The minimum Gasteiger partial charge on any atom is -0.508 e. The number of benzene rings is 1. The summed E-state index contributed by atoms with van der Waals surface area (Å²) in [4.78, 5) is 12.1. The maximum Gasteiger partial charge on any atom is 0.251 e. The Kier molecular flexibility index (Phi) is 4.70. The monoisotopic (exact) mass is 281 g/mol. The SMILES string of the molecule is Cc1c(O)cccc1C(=O)NCC1CCCC1CCl. The molecule has 104 valence electrons. The Hall–Kier alpha value is -1.22. The van der Waals surface area contributed by atoms with E-state index in [0.717, 1.165) is 12.8 Å². The summed E-state index contributed by atoms with van der Waals surface area (Å²) < 4.78 is 0. The van der Waals surface area contributed by atoms with Crippen molar-refractivity contribution in [2.24, 2.45) is 11.8 Å². The lowest BCUT2D eigenvalue weighted by Crippen LogP contribution is -2.31. The highest BCUT2D eigenvalue weighted by atomic mass is 35.5. The first-order chi connectivity index (χ1) is 9.13. The number of phenolic OH excluding ortho intramolecular Hbond substituents is 1. The minimum absolute atomic E-state index is 0.117. The molecule has 0 spiro atoms. The van der Waals surface area contributed by atoms with Gasteiger partial charge < -0.3 is 10.4 Å². The Bertz CT molecular complexity index is 461. The van der Waals surface area contributed by atoms with Gasteiger partial charge in [0.25, 0.3) is 5.91 Å². The molecule has 3 nitrogen and oxygen atoms in total. The largest absolute Gasteiger partial charge is 0.508 e. The van der Waals surface area contributed by atoms with E-state index in [0.29, 0.717) is 35.4 Å². The van der Waals surface area contributed by atoms with Crippen LogP contribution in [0, 0.1) is 18.8 Å². The van der Waals surface area contributed by atoms with E-state index < -0.39 is 0 Å². The summed E-state index contributed by atoms with van der Waals surface area (Å²) in [5.74, 6) is 1.72. The van der Waals surface area contributed by atoms with Crippen molar-refractivity contribution in [2.75, 3.05) is 12.4 Å². The van der Waals surface area contributed by atoms with Crippen LogP contribution in [0.5, 0.6) is 5.75 Å². The van der Waals surface area contributed by atoms with Gasteiger partial charge in [-0.2, -0.15) is 0 Å². The number of hydrogen-bond acceptors (Lipinski definition) is 2. The molecule has 4 heteroatoms. The van der Waals surface area contributed by atoms with Crippen LogP contribution in [0.4, 0.5) is 0 Å². The van der Waals surface area contributed by atoms with E-state index in [-0.39, 0.29) is 11.7 Å². The van der Waals surface area contributed by atoms with Gasteiger partial charge in [-0.1, -0.05) is 12.5 Å². The third kappa shape index (κ3) is 3.21. The van der Waals surface area contributed by atoms with Gasteiger partial charge in [0.05, 0.1) is 0 Å². The van der Waals surface area contributed by atoms with Crippen LogP contribution in [0.3, 0.4) is 0 Å². The van der Waals surface area contributed by atoms with Crippen molar-refractivity contribution in [3.63, 3.8) is 0 Å². The Balaban J connectivity index is 1.96. The van der Waals surface area contributed by atoms with Crippen LogP contribution < -0.4 is 5.32 Å². The van der Waals surface area contributed by atoms with Gasteiger partial charge in [0, 0.05) is 23.6 Å². The maximum absolute atomic E-state index is 12.1. The molecule has 0 saturated heterocycles. The van der Waals surface area contributed by atoms with Crippen LogP contribution in [-0.2, 0) is 0 Å². The van der Waals surface area contributed by atoms with Crippen molar-refractivity contribution in [2.45, 2.75) is 26.2 Å². The quantitative estimate of drug-likeness (QED) is 0.833. The second kappa shape index (κ2) is 6.29. The molecule has 1 aromatic rings. The van der Waals surface area contributed by atoms with Crippen LogP contribution in [0.15, 0.2) is 18.2 Å². The Morgan fingerprint density at radius 3 is 2.89 bits per heavy atom. The summed E-state index contributed by atoms with van der Waals surface area (Å²) in [6.07, 6.45) is 3.49. The van der Waals surface area contributed by atoms with Crippen LogP contribution in [0.1, 0.15) is 35.2 Å². The molecule has 1 saturated carbocycles. The minimum atomic E-state index is -0.117. The number of amides is 1. The predicted molar refractivity (Wildman–Crippen MR) is 76.7 cm³/mol. The lowest BCUT2D eigenvalue weighted by molar-refractivity contribution is 0.0943. The molecule has 19 heavy (non-hydrogen) atoms. The third-order valence-corrected chi connectivity index (χ3v) is 4.49. The van der Waals surface area contributed by atoms with Crippen LogP contribution in [0.2, 0.25) is 0 Å². The van der Waals surface area contributed by atoms with Gasteiger partial charge >= 0.3 is 0 Å². The number of carbonyl (C=O) groups excluding carboxylic acids is 1. The van der Waals surface area contributed by atoms with Crippen molar-refractivity contribution < 1.29 is 9.90 Å². The van der Waals surface area contributed by atoms with E-state index in [1.165, 1.54) is 6.42 Å². The number of phenols is 1. The first-order valence-electron chi connectivity index (χ1n) is 6.76. The third-order valence-electron chi connectivity index (χ3n) is 4.09. The Morgan fingerprint density at radius 1 is 1.42 bits per heavy atom. The normalized spacial score (nSPS) is 22.4. The molecule has 0 aliphatic heterocycles. The summed E-state index contributed by atoms with van der Waals surface area (Å²) in [5, 5.41) is 12.6. The molecule has 1 aliphatic carbocycles. The average molecular weight is 282 g/mol. The van der Waals surface area contributed by atoms with Gasteiger partial charge in [-0.3, -0.25) is 4.79 Å². The molecule has 1 fully saturated rings. The highest BCUT2D eigenvalue weighted by Crippen LogP contribution is 2.32. The molecule has 0 aromatic heterocycles. The zero-order valence-corrected chi connectivity index (χ0v) is 11.9. The van der Waals surface area contributed by atoms with Crippen LogP contribution in [0.25, 0.3) is 0 Å². The number of aromatic hydroxyl groups is 1. The maximum atomic E-state index is 12.1. The Morgan fingerprint density at radius 2 is 2.16 bits per heavy atom. The molecule has 2 N–H and O–H groups in total. The summed E-state index contributed by atoms with van der Waals surface area (Å²) >= 11 is 5.94. The van der Waals surface area contributed by atoms with Gasteiger partial charge in [0.2, 0.25) is 0 Å². The fraction of sp³-hybridized carbons (Fsp3) is 0.533. The van der Waals surface area contributed by atoms with Gasteiger partial charge in [0.1, 0.15) is 5.75 Å². The van der Waals surface area contributed by atoms with Crippen molar-refractivity contribution in [1.82, 2.24) is 5.32 Å². The lowest BCUT2D eigenvalue weighted by atomic mass is 9.97. The smallest absolute Gasteiger partial charge is 0.251 e. The fourth-order valence-electron chi connectivity index (χ4n) is 2.77. The van der Waals surface area contributed by atoms with Gasteiger partial charge in [-0.15, -0.1) is 11.6 Å². The topological polar surface area (TPSA) is 49.3 Å². The fourth-order valence-corrected chi connectivity index (χ4v) is 3.18. The molecule has 0 bridgehead atoms. The van der Waals surface area contributed by atoms with E-state index in [2.05, 4.69) is 5.32 Å². The molecule has 1 amide bonds. The molecular weight excluding hydrogens is 262 g/mol.